The van der Waals surface area contributed by atoms with Crippen molar-refractivity contribution in [3.05, 3.63) is 36.2 Å². The number of carbonyl (C=O) groups is 1. The van der Waals surface area contributed by atoms with Crippen molar-refractivity contribution < 1.29 is 14.3 Å². The zero-order chi connectivity index (χ0) is 20.1. The fourth-order valence-electron chi connectivity index (χ4n) is 4.33. The minimum Gasteiger partial charge on any atom is -0.497 e. The van der Waals surface area contributed by atoms with E-state index in [1.54, 1.807) is 7.11 Å². The maximum Gasteiger partial charge on any atom is 0.276 e. The Labute approximate surface area is 172 Å². The highest BCUT2D eigenvalue weighted by Crippen LogP contribution is 2.27. The second kappa shape index (κ2) is 9.29. The van der Waals surface area contributed by atoms with Crippen molar-refractivity contribution in [3.8, 4) is 11.5 Å². The van der Waals surface area contributed by atoms with Gasteiger partial charge in [0.25, 0.3) is 5.91 Å². The smallest absolute Gasteiger partial charge is 0.276 e. The molecule has 2 aliphatic rings. The summed E-state index contributed by atoms with van der Waals surface area (Å²) in [5.41, 5.74) is 0.465. The van der Waals surface area contributed by atoms with Gasteiger partial charge in [-0.1, -0.05) is 24.5 Å². The molecule has 29 heavy (non-hydrogen) atoms. The number of ether oxygens (including phenoxy) is 2. The van der Waals surface area contributed by atoms with E-state index >= 15 is 0 Å². The lowest BCUT2D eigenvalue weighted by atomic mass is 9.96. The highest BCUT2D eigenvalue weighted by molar-refractivity contribution is 5.92. The van der Waals surface area contributed by atoms with Gasteiger partial charge in [0.05, 0.1) is 26.0 Å². The quantitative estimate of drug-likeness (QED) is 0.742. The molecule has 2 aromatic rings. The molecule has 0 unspecified atom stereocenters. The molecular formula is C22H30N4O3. The summed E-state index contributed by atoms with van der Waals surface area (Å²) in [6, 6.07) is 8.00. The number of hydrogen-bond donors (Lipinski definition) is 0. The van der Waals surface area contributed by atoms with Crippen molar-refractivity contribution in [1.29, 1.82) is 0 Å². The van der Waals surface area contributed by atoms with Crippen LogP contribution in [-0.2, 0) is 0 Å². The van der Waals surface area contributed by atoms with Gasteiger partial charge in [-0.25, -0.2) is 4.68 Å². The molecule has 0 spiro atoms. The summed E-state index contributed by atoms with van der Waals surface area (Å²) in [6.07, 6.45) is 9.91. The molecule has 1 amide bonds. The van der Waals surface area contributed by atoms with Crippen molar-refractivity contribution in [2.24, 2.45) is 5.92 Å². The molecule has 7 heteroatoms. The molecule has 0 radical (unpaired) electrons. The second-order valence-corrected chi connectivity index (χ2v) is 8.12. The Kier molecular flexibility index (Phi) is 6.32. The molecule has 1 saturated heterocycles. The lowest BCUT2D eigenvalue weighted by Crippen LogP contribution is -2.41. The molecular weight excluding hydrogens is 368 g/mol. The van der Waals surface area contributed by atoms with E-state index in [-0.39, 0.29) is 5.91 Å². The number of carbonyl (C=O) groups excluding carboxylic acids is 1. The van der Waals surface area contributed by atoms with Crippen LogP contribution in [-0.4, -0.2) is 52.6 Å². The van der Waals surface area contributed by atoms with Crippen LogP contribution in [0.2, 0.25) is 0 Å². The number of hydrogen-bond acceptors (Lipinski definition) is 5. The molecule has 0 bridgehead atoms. The number of nitrogens with zero attached hydrogens (tertiary/aromatic N) is 4. The van der Waals surface area contributed by atoms with Gasteiger partial charge in [-0.05, 0) is 49.9 Å². The van der Waals surface area contributed by atoms with Crippen LogP contribution in [0, 0.1) is 5.92 Å². The molecule has 156 valence electrons. The van der Waals surface area contributed by atoms with E-state index < -0.39 is 0 Å². The van der Waals surface area contributed by atoms with Gasteiger partial charge < -0.3 is 14.4 Å². The van der Waals surface area contributed by atoms with Gasteiger partial charge >= 0.3 is 0 Å². The molecule has 1 aliphatic heterocycles. The number of benzene rings is 1. The highest BCUT2D eigenvalue weighted by Gasteiger charge is 2.27. The van der Waals surface area contributed by atoms with Crippen LogP contribution in [0.25, 0.3) is 0 Å². The first-order chi connectivity index (χ1) is 14.2. The zero-order valence-electron chi connectivity index (χ0n) is 17.1. The van der Waals surface area contributed by atoms with Gasteiger partial charge in [0.2, 0.25) is 0 Å². The van der Waals surface area contributed by atoms with Gasteiger partial charge in [-0.15, -0.1) is 5.10 Å². The molecule has 2 heterocycles. The van der Waals surface area contributed by atoms with Crippen molar-refractivity contribution in [3.63, 3.8) is 0 Å². The minimum absolute atomic E-state index is 0.0128. The van der Waals surface area contributed by atoms with Gasteiger partial charge in [-0.2, -0.15) is 0 Å². The molecule has 7 nitrogen and oxygen atoms in total. The van der Waals surface area contributed by atoms with Gasteiger partial charge in [-0.3, -0.25) is 4.79 Å². The first kappa shape index (κ1) is 19.7. The maximum absolute atomic E-state index is 12.9. The van der Waals surface area contributed by atoms with Crippen LogP contribution in [0.1, 0.15) is 61.5 Å². The third-order valence-corrected chi connectivity index (χ3v) is 6.03. The number of amides is 1. The molecule has 2 fully saturated rings. The predicted molar refractivity (Wildman–Crippen MR) is 109 cm³/mol. The molecule has 1 aromatic carbocycles. The maximum atomic E-state index is 12.9. The number of likely N-dealkylation sites (tertiary alicyclic amines) is 1. The molecule has 1 saturated carbocycles. The van der Waals surface area contributed by atoms with Crippen molar-refractivity contribution >= 4 is 5.91 Å². The van der Waals surface area contributed by atoms with Crippen LogP contribution in [0.5, 0.6) is 11.5 Å². The number of aromatic nitrogens is 3. The summed E-state index contributed by atoms with van der Waals surface area (Å²) in [5.74, 6) is 1.95. The summed E-state index contributed by atoms with van der Waals surface area (Å²) in [7, 11) is 1.65. The summed E-state index contributed by atoms with van der Waals surface area (Å²) in [4.78, 5) is 14.8. The van der Waals surface area contributed by atoms with E-state index in [1.165, 1.54) is 19.3 Å². The predicted octanol–water partition coefficient (Wildman–Crippen LogP) is 3.72. The Bertz CT molecular complexity index is 799. The average Bonchev–Trinajstić information content (AvgIpc) is 3.29. The monoisotopic (exact) mass is 398 g/mol. The second-order valence-electron chi connectivity index (χ2n) is 8.12. The fraction of sp³-hybridized carbons (Fsp3) is 0.591. The van der Waals surface area contributed by atoms with Crippen LogP contribution in [0.4, 0.5) is 0 Å². The zero-order valence-corrected chi connectivity index (χ0v) is 17.1. The van der Waals surface area contributed by atoms with Crippen molar-refractivity contribution in [1.82, 2.24) is 19.9 Å². The van der Waals surface area contributed by atoms with Crippen LogP contribution >= 0.6 is 0 Å². The van der Waals surface area contributed by atoms with E-state index in [1.807, 2.05) is 40.0 Å². The Morgan fingerprint density at radius 2 is 1.83 bits per heavy atom. The van der Waals surface area contributed by atoms with Gasteiger partial charge in [0.1, 0.15) is 11.5 Å². The lowest BCUT2D eigenvalue weighted by molar-refractivity contribution is 0.0627. The van der Waals surface area contributed by atoms with E-state index in [2.05, 4.69) is 10.3 Å². The molecule has 1 aliphatic carbocycles. The van der Waals surface area contributed by atoms with E-state index in [0.717, 1.165) is 43.7 Å². The minimum atomic E-state index is -0.0128. The largest absolute Gasteiger partial charge is 0.497 e. The summed E-state index contributed by atoms with van der Waals surface area (Å²) >= 11 is 0. The Balaban J connectivity index is 1.31. The van der Waals surface area contributed by atoms with Gasteiger partial charge in [0.15, 0.2) is 5.69 Å². The molecule has 4 rings (SSSR count). The highest BCUT2D eigenvalue weighted by atomic mass is 16.5. The summed E-state index contributed by atoms with van der Waals surface area (Å²) < 4.78 is 13.0. The number of methoxy groups -OCH3 is 1. The first-order valence-corrected chi connectivity index (χ1v) is 10.7. The van der Waals surface area contributed by atoms with Gasteiger partial charge in [0, 0.05) is 19.0 Å². The van der Waals surface area contributed by atoms with Crippen molar-refractivity contribution in [2.45, 2.75) is 51.0 Å². The lowest BCUT2D eigenvalue weighted by Gasteiger charge is -2.32. The Morgan fingerprint density at radius 3 is 2.59 bits per heavy atom. The Morgan fingerprint density at radius 1 is 1.07 bits per heavy atom. The van der Waals surface area contributed by atoms with Crippen LogP contribution in [0.3, 0.4) is 0 Å². The number of rotatable bonds is 6. The van der Waals surface area contributed by atoms with E-state index in [0.29, 0.717) is 30.8 Å². The molecule has 1 atom stereocenters. The topological polar surface area (TPSA) is 69.5 Å². The Hall–Kier alpha value is -2.57. The fourth-order valence-corrected chi connectivity index (χ4v) is 4.33. The third-order valence-electron chi connectivity index (χ3n) is 6.03. The van der Waals surface area contributed by atoms with E-state index in [9.17, 15) is 4.79 Å². The average molecular weight is 399 g/mol. The molecule has 0 N–H and O–H groups in total. The van der Waals surface area contributed by atoms with Crippen molar-refractivity contribution in [2.75, 3.05) is 26.8 Å². The summed E-state index contributed by atoms with van der Waals surface area (Å²) in [5, 5.41) is 8.43. The number of piperidine rings is 1. The summed E-state index contributed by atoms with van der Waals surface area (Å²) in [6.45, 7) is 2.07. The van der Waals surface area contributed by atoms with Crippen LogP contribution in [0.15, 0.2) is 30.5 Å². The van der Waals surface area contributed by atoms with Crippen LogP contribution < -0.4 is 9.47 Å². The molecule has 1 aromatic heterocycles. The first-order valence-electron chi connectivity index (χ1n) is 10.7. The SMILES string of the molecule is COc1ccc(OC[C@@H]2CCCN(C(=O)c3cn(C4CCCCC4)nn3)C2)cc1. The normalized spacial score (nSPS) is 20.4. The standard InChI is InChI=1S/C22H30N4O3/c1-28-19-9-11-20(12-10-19)29-16-17-6-5-13-25(14-17)22(27)21-15-26(24-23-21)18-7-3-2-4-8-18/h9-12,15,17-18H,2-8,13-14,16H2,1H3/t17-/m1/s1. The van der Waals surface area contributed by atoms with E-state index in [4.69, 9.17) is 9.47 Å². The third kappa shape index (κ3) is 4.89.